The molecule has 0 aromatic heterocycles. The summed E-state index contributed by atoms with van der Waals surface area (Å²) in [7, 11) is 2.36. The van der Waals surface area contributed by atoms with Crippen LogP contribution in [0.5, 0.6) is 0 Å². The molecule has 0 radical (unpaired) electrons. The highest BCUT2D eigenvalue weighted by Gasteiger charge is 2.28. The molecule has 1 aliphatic heterocycles. The lowest BCUT2D eigenvalue weighted by atomic mass is 9.86. The van der Waals surface area contributed by atoms with Crippen LogP contribution in [-0.2, 0) is 0 Å². The van der Waals surface area contributed by atoms with Crippen molar-refractivity contribution in [3.05, 3.63) is 0 Å². The van der Waals surface area contributed by atoms with E-state index in [1.807, 2.05) is 0 Å². The number of hydrogen-bond donors (Lipinski definition) is 0. The zero-order valence-electron chi connectivity index (χ0n) is 14.3. The van der Waals surface area contributed by atoms with Crippen molar-refractivity contribution in [1.29, 1.82) is 0 Å². The summed E-state index contributed by atoms with van der Waals surface area (Å²) in [5.74, 6) is 1.03. The molecular weight excluding hydrogens is 244 g/mol. The first kappa shape index (κ1) is 16.3. The molecule has 1 heterocycles. The van der Waals surface area contributed by atoms with Crippen LogP contribution in [0.25, 0.3) is 0 Å². The molecule has 0 aromatic rings. The van der Waals surface area contributed by atoms with Crippen molar-refractivity contribution >= 4 is 0 Å². The van der Waals surface area contributed by atoms with Crippen molar-refractivity contribution in [3.63, 3.8) is 0 Å². The van der Waals surface area contributed by atoms with Crippen LogP contribution in [0.2, 0.25) is 0 Å². The standard InChI is InChI=1S/C18H36N2/c1-18(2,3)20-14-11-17(12-15-20)19(4)13-10-16-8-6-5-7-9-16/h16-17H,5-15H2,1-4H3. The van der Waals surface area contributed by atoms with E-state index in [1.54, 1.807) is 0 Å². The molecular formula is C18H36N2. The highest BCUT2D eigenvalue weighted by atomic mass is 15.2. The molecule has 1 aliphatic carbocycles. The van der Waals surface area contributed by atoms with Gasteiger partial charge in [0.1, 0.15) is 0 Å². The van der Waals surface area contributed by atoms with Gasteiger partial charge in [-0.1, -0.05) is 32.1 Å². The van der Waals surface area contributed by atoms with E-state index in [1.165, 1.54) is 71.0 Å². The van der Waals surface area contributed by atoms with Crippen LogP contribution in [0.15, 0.2) is 0 Å². The third-order valence-corrected chi connectivity index (χ3v) is 5.65. The van der Waals surface area contributed by atoms with E-state index in [9.17, 15) is 0 Å². The summed E-state index contributed by atoms with van der Waals surface area (Å²) >= 11 is 0. The highest BCUT2D eigenvalue weighted by Crippen LogP contribution is 2.27. The zero-order chi connectivity index (χ0) is 14.6. The molecule has 0 N–H and O–H groups in total. The molecule has 0 aromatic carbocycles. The van der Waals surface area contributed by atoms with Gasteiger partial charge in [-0.05, 0) is 59.5 Å². The van der Waals surface area contributed by atoms with Crippen molar-refractivity contribution in [1.82, 2.24) is 9.80 Å². The van der Waals surface area contributed by atoms with E-state index >= 15 is 0 Å². The number of piperidine rings is 1. The predicted octanol–water partition coefficient (Wildman–Crippen LogP) is 4.15. The lowest BCUT2D eigenvalue weighted by Crippen LogP contribution is -2.50. The summed E-state index contributed by atoms with van der Waals surface area (Å²) in [6.45, 7) is 10.9. The maximum absolute atomic E-state index is 2.66. The fraction of sp³-hybridized carbons (Fsp3) is 1.00. The fourth-order valence-corrected chi connectivity index (χ4v) is 4.02. The summed E-state index contributed by atoms with van der Waals surface area (Å²) in [5.41, 5.74) is 0.353. The lowest BCUT2D eigenvalue weighted by Gasteiger charge is -2.43. The molecule has 0 bridgehead atoms. The van der Waals surface area contributed by atoms with Gasteiger partial charge < -0.3 is 4.90 Å². The minimum atomic E-state index is 0.353. The SMILES string of the molecule is CN(CCC1CCCCC1)C1CCN(C(C)(C)C)CC1. The first-order valence-corrected chi connectivity index (χ1v) is 8.92. The van der Waals surface area contributed by atoms with Gasteiger partial charge in [0.25, 0.3) is 0 Å². The van der Waals surface area contributed by atoms with Crippen LogP contribution < -0.4 is 0 Å². The Labute approximate surface area is 126 Å². The van der Waals surface area contributed by atoms with Gasteiger partial charge in [0.2, 0.25) is 0 Å². The van der Waals surface area contributed by atoms with Crippen molar-refractivity contribution in [2.24, 2.45) is 5.92 Å². The van der Waals surface area contributed by atoms with Gasteiger partial charge in [-0.2, -0.15) is 0 Å². The van der Waals surface area contributed by atoms with Gasteiger partial charge in [0.05, 0.1) is 0 Å². The second kappa shape index (κ2) is 7.26. The molecule has 0 atom stereocenters. The Balaban J connectivity index is 1.67. The normalized spacial score (nSPS) is 24.4. The van der Waals surface area contributed by atoms with Gasteiger partial charge in [-0.25, -0.2) is 0 Å². The fourth-order valence-electron chi connectivity index (χ4n) is 4.02. The maximum Gasteiger partial charge on any atom is 0.0125 e. The summed E-state index contributed by atoms with van der Waals surface area (Å²) < 4.78 is 0. The molecule has 0 unspecified atom stereocenters. The van der Waals surface area contributed by atoms with Crippen molar-refractivity contribution in [2.75, 3.05) is 26.7 Å². The molecule has 118 valence electrons. The van der Waals surface area contributed by atoms with Gasteiger partial charge in [0, 0.05) is 24.7 Å². The van der Waals surface area contributed by atoms with Crippen molar-refractivity contribution in [3.8, 4) is 0 Å². The van der Waals surface area contributed by atoms with Gasteiger partial charge in [-0.3, -0.25) is 4.90 Å². The van der Waals surface area contributed by atoms with Gasteiger partial charge in [-0.15, -0.1) is 0 Å². The molecule has 2 aliphatic rings. The Hall–Kier alpha value is -0.0800. The monoisotopic (exact) mass is 280 g/mol. The molecule has 0 amide bonds. The van der Waals surface area contributed by atoms with E-state index in [0.717, 1.165) is 12.0 Å². The Kier molecular flexibility index (Phi) is 5.92. The summed E-state index contributed by atoms with van der Waals surface area (Å²) in [6.07, 6.45) is 11.6. The van der Waals surface area contributed by atoms with Crippen molar-refractivity contribution < 1.29 is 0 Å². The van der Waals surface area contributed by atoms with E-state index in [2.05, 4.69) is 37.6 Å². The van der Waals surface area contributed by atoms with Crippen LogP contribution >= 0.6 is 0 Å². The van der Waals surface area contributed by atoms with E-state index < -0.39 is 0 Å². The second-order valence-electron chi connectivity index (χ2n) is 8.16. The smallest absolute Gasteiger partial charge is 0.0125 e. The topological polar surface area (TPSA) is 6.48 Å². The lowest BCUT2D eigenvalue weighted by molar-refractivity contribution is 0.0631. The van der Waals surface area contributed by atoms with E-state index in [4.69, 9.17) is 0 Å². The minimum absolute atomic E-state index is 0.353. The predicted molar refractivity (Wildman–Crippen MR) is 88.2 cm³/mol. The number of hydrogen-bond acceptors (Lipinski definition) is 2. The molecule has 0 spiro atoms. The number of likely N-dealkylation sites (tertiary alicyclic amines) is 1. The Bertz CT molecular complexity index is 268. The van der Waals surface area contributed by atoms with Crippen LogP contribution in [0.4, 0.5) is 0 Å². The molecule has 2 fully saturated rings. The first-order chi connectivity index (χ1) is 9.47. The van der Waals surface area contributed by atoms with Crippen molar-refractivity contribution in [2.45, 2.75) is 83.7 Å². The zero-order valence-corrected chi connectivity index (χ0v) is 14.3. The Morgan fingerprint density at radius 2 is 1.55 bits per heavy atom. The Morgan fingerprint density at radius 1 is 0.950 bits per heavy atom. The quantitative estimate of drug-likeness (QED) is 0.763. The first-order valence-electron chi connectivity index (χ1n) is 8.92. The summed E-state index contributed by atoms with van der Waals surface area (Å²) in [6, 6.07) is 0.831. The van der Waals surface area contributed by atoms with Crippen LogP contribution in [0, 0.1) is 5.92 Å². The van der Waals surface area contributed by atoms with Crippen LogP contribution in [-0.4, -0.2) is 48.1 Å². The minimum Gasteiger partial charge on any atom is -0.303 e. The number of nitrogens with zero attached hydrogens (tertiary/aromatic N) is 2. The maximum atomic E-state index is 2.66. The molecule has 2 nitrogen and oxygen atoms in total. The molecule has 20 heavy (non-hydrogen) atoms. The molecule has 1 saturated carbocycles. The molecule has 2 rings (SSSR count). The van der Waals surface area contributed by atoms with Gasteiger partial charge >= 0.3 is 0 Å². The molecule has 2 heteroatoms. The van der Waals surface area contributed by atoms with Crippen LogP contribution in [0.3, 0.4) is 0 Å². The van der Waals surface area contributed by atoms with Gasteiger partial charge in [0.15, 0.2) is 0 Å². The average Bonchev–Trinajstić information content (AvgIpc) is 2.45. The van der Waals surface area contributed by atoms with Crippen LogP contribution in [0.1, 0.15) is 72.1 Å². The van der Waals surface area contributed by atoms with E-state index in [-0.39, 0.29) is 0 Å². The molecule has 1 saturated heterocycles. The van der Waals surface area contributed by atoms with E-state index in [0.29, 0.717) is 5.54 Å². The third-order valence-electron chi connectivity index (χ3n) is 5.65. The third kappa shape index (κ3) is 4.73. The number of rotatable bonds is 4. The largest absolute Gasteiger partial charge is 0.303 e. The summed E-state index contributed by atoms with van der Waals surface area (Å²) in [5, 5.41) is 0. The Morgan fingerprint density at radius 3 is 2.10 bits per heavy atom. The summed E-state index contributed by atoms with van der Waals surface area (Å²) in [4.78, 5) is 5.31. The highest BCUT2D eigenvalue weighted by molar-refractivity contribution is 4.85. The average molecular weight is 281 g/mol. The second-order valence-corrected chi connectivity index (χ2v) is 8.16.